The van der Waals surface area contributed by atoms with Crippen molar-refractivity contribution in [1.82, 2.24) is 15.0 Å². The fraction of sp³-hybridized carbons (Fsp3) is 0.143. The lowest BCUT2D eigenvalue weighted by Crippen LogP contribution is -2.49. The quantitative estimate of drug-likeness (QED) is 0.301. The maximum absolute atomic E-state index is 13.9. The summed E-state index contributed by atoms with van der Waals surface area (Å²) in [5, 5.41) is 11.5. The van der Waals surface area contributed by atoms with E-state index >= 15 is 0 Å². The first-order chi connectivity index (χ1) is 17.6. The Morgan fingerprint density at radius 1 is 1.03 bits per heavy atom. The number of aromatic amines is 1. The van der Waals surface area contributed by atoms with Crippen LogP contribution in [0.3, 0.4) is 0 Å². The Kier molecular flexibility index (Phi) is 5.93. The molecule has 3 aromatic carbocycles. The molecule has 0 saturated heterocycles. The van der Waals surface area contributed by atoms with Gasteiger partial charge in [0.15, 0.2) is 5.88 Å². The van der Waals surface area contributed by atoms with Gasteiger partial charge < -0.3 is 20.7 Å². The number of carbonyl (C=O) groups excluding carboxylic acids is 1. The number of aromatic hydroxyl groups is 1. The molecule has 0 atom stereocenters. The second kappa shape index (κ2) is 9.11. The van der Waals surface area contributed by atoms with Crippen LogP contribution in [-0.4, -0.2) is 44.3 Å². The van der Waals surface area contributed by atoms with Gasteiger partial charge in [0.05, 0.1) is 39.1 Å². The molecule has 186 valence electrons. The number of hydrogen-bond acceptors (Lipinski definition) is 6. The molecule has 5 aromatic rings. The van der Waals surface area contributed by atoms with Crippen LogP contribution < -0.4 is 10.6 Å². The summed E-state index contributed by atoms with van der Waals surface area (Å²) >= 11 is 0. The highest BCUT2D eigenvalue weighted by Gasteiger charge is 2.26. The highest BCUT2D eigenvalue weighted by molar-refractivity contribution is 6.22. The van der Waals surface area contributed by atoms with E-state index in [-0.39, 0.29) is 11.8 Å². The minimum Gasteiger partial charge on any atom is -0.494 e. The number of rotatable bonds is 5. The third-order valence-corrected chi connectivity index (χ3v) is 6.05. The third-order valence-electron chi connectivity index (χ3n) is 6.05. The van der Waals surface area contributed by atoms with Gasteiger partial charge in [-0.3, -0.25) is 14.8 Å². The number of aliphatic imine (C=N–C) groups is 1. The molecule has 5 rings (SSSR count). The molecule has 2 aromatic heterocycles. The van der Waals surface area contributed by atoms with Crippen LogP contribution >= 0.6 is 0 Å². The molecule has 0 unspecified atom stereocenters. The number of halogens is 1. The second-order valence-corrected chi connectivity index (χ2v) is 9.36. The number of amides is 1. The monoisotopic (exact) mass is 496 g/mol. The van der Waals surface area contributed by atoms with E-state index < -0.39 is 11.4 Å². The molecule has 8 nitrogen and oxygen atoms in total. The van der Waals surface area contributed by atoms with E-state index in [2.05, 4.69) is 15.0 Å². The van der Waals surface area contributed by atoms with E-state index in [9.17, 15) is 14.3 Å². The van der Waals surface area contributed by atoms with E-state index in [1.165, 1.54) is 17.0 Å². The van der Waals surface area contributed by atoms with Crippen LogP contribution in [-0.2, 0) is 4.79 Å². The number of H-pyrrole nitrogens is 1. The highest BCUT2D eigenvalue weighted by atomic mass is 19.1. The molecule has 0 aliphatic carbocycles. The number of benzene rings is 3. The Balaban J connectivity index is 1.65. The molecule has 0 radical (unpaired) electrons. The van der Waals surface area contributed by atoms with Crippen molar-refractivity contribution in [2.45, 2.75) is 19.4 Å². The molecule has 9 heteroatoms. The standard InChI is InChI=1S/C28H25FN6O2/c1-28(2,30)27(37)35(3)19-8-6-18(7-9-19)33-25(16-4-11-21-23(14-16)32-13-12-31-21)24-20-10-5-17(29)15-22(20)34-26(24)36/h4-15,34,36H,30H2,1-3H3. The number of anilines is 1. The maximum atomic E-state index is 13.9. The summed E-state index contributed by atoms with van der Waals surface area (Å²) in [5.74, 6) is -0.780. The topological polar surface area (TPSA) is 120 Å². The number of hydrogen-bond donors (Lipinski definition) is 3. The Morgan fingerprint density at radius 3 is 2.43 bits per heavy atom. The van der Waals surface area contributed by atoms with E-state index in [1.54, 1.807) is 63.6 Å². The van der Waals surface area contributed by atoms with Crippen LogP contribution in [0.4, 0.5) is 15.8 Å². The molecule has 0 fully saturated rings. The van der Waals surface area contributed by atoms with Crippen LogP contribution in [0.15, 0.2) is 78.0 Å². The summed E-state index contributed by atoms with van der Waals surface area (Å²) < 4.78 is 13.9. The maximum Gasteiger partial charge on any atom is 0.246 e. The third kappa shape index (κ3) is 4.64. The summed E-state index contributed by atoms with van der Waals surface area (Å²) in [6.45, 7) is 3.31. The highest BCUT2D eigenvalue weighted by Crippen LogP contribution is 2.33. The van der Waals surface area contributed by atoms with Gasteiger partial charge in [0.2, 0.25) is 5.91 Å². The van der Waals surface area contributed by atoms with Gasteiger partial charge in [-0.2, -0.15) is 0 Å². The zero-order valence-corrected chi connectivity index (χ0v) is 20.5. The van der Waals surface area contributed by atoms with Gasteiger partial charge in [0.25, 0.3) is 0 Å². The molecular formula is C28H25FN6O2. The molecule has 0 spiro atoms. The molecule has 1 amide bonds. The van der Waals surface area contributed by atoms with Crippen LogP contribution in [0.2, 0.25) is 0 Å². The molecule has 37 heavy (non-hydrogen) atoms. The predicted molar refractivity (Wildman–Crippen MR) is 143 cm³/mol. The van der Waals surface area contributed by atoms with Crippen molar-refractivity contribution in [2.75, 3.05) is 11.9 Å². The summed E-state index contributed by atoms with van der Waals surface area (Å²) in [4.78, 5) is 30.5. The Labute approximate surface area is 212 Å². The van der Waals surface area contributed by atoms with E-state index in [0.29, 0.717) is 44.6 Å². The van der Waals surface area contributed by atoms with E-state index in [4.69, 9.17) is 10.7 Å². The second-order valence-electron chi connectivity index (χ2n) is 9.36. The zero-order chi connectivity index (χ0) is 26.3. The van der Waals surface area contributed by atoms with Gasteiger partial charge in [0.1, 0.15) is 5.82 Å². The van der Waals surface area contributed by atoms with Gasteiger partial charge >= 0.3 is 0 Å². The number of aromatic nitrogens is 3. The lowest BCUT2D eigenvalue weighted by Gasteiger charge is -2.25. The summed E-state index contributed by atoms with van der Waals surface area (Å²) in [6.07, 6.45) is 3.22. The minimum absolute atomic E-state index is 0.134. The van der Waals surface area contributed by atoms with Crippen LogP contribution in [0.25, 0.3) is 21.9 Å². The SMILES string of the molecule is CN(C(=O)C(C)(C)N)c1ccc(N=C(c2ccc3nccnc3c2)c2c(O)[nH]c3cc(F)ccc23)cc1. The van der Waals surface area contributed by atoms with Crippen molar-refractivity contribution in [1.29, 1.82) is 0 Å². The molecule has 0 saturated carbocycles. The predicted octanol–water partition coefficient (Wildman–Crippen LogP) is 4.83. The fourth-order valence-corrected chi connectivity index (χ4v) is 4.20. The number of nitrogens with zero attached hydrogens (tertiary/aromatic N) is 4. The molecule has 2 heterocycles. The number of fused-ring (bicyclic) bond motifs is 2. The average Bonchev–Trinajstić information content (AvgIpc) is 3.20. The van der Waals surface area contributed by atoms with Crippen molar-refractivity contribution in [3.05, 3.63) is 90.0 Å². The van der Waals surface area contributed by atoms with Crippen molar-refractivity contribution >= 4 is 44.9 Å². The van der Waals surface area contributed by atoms with Crippen molar-refractivity contribution in [3.8, 4) is 5.88 Å². The Hall–Kier alpha value is -4.63. The van der Waals surface area contributed by atoms with Gasteiger partial charge in [-0.1, -0.05) is 6.07 Å². The van der Waals surface area contributed by atoms with Crippen LogP contribution in [0, 0.1) is 5.82 Å². The molecule has 0 aliphatic heterocycles. The van der Waals surface area contributed by atoms with E-state index in [0.717, 1.165) is 5.52 Å². The van der Waals surface area contributed by atoms with Gasteiger partial charge in [-0.15, -0.1) is 0 Å². The number of likely N-dealkylation sites (N-methyl/N-ethyl adjacent to an activating group) is 1. The van der Waals surface area contributed by atoms with Crippen molar-refractivity contribution in [2.24, 2.45) is 10.7 Å². The summed E-state index contributed by atoms with van der Waals surface area (Å²) in [7, 11) is 1.67. The van der Waals surface area contributed by atoms with Crippen molar-refractivity contribution < 1.29 is 14.3 Å². The normalized spacial score (nSPS) is 12.3. The molecular weight excluding hydrogens is 471 g/mol. The smallest absolute Gasteiger partial charge is 0.246 e. The zero-order valence-electron chi connectivity index (χ0n) is 20.5. The molecule has 0 aliphatic rings. The number of nitrogens with one attached hydrogen (secondary N) is 1. The van der Waals surface area contributed by atoms with Gasteiger partial charge in [-0.05, 0) is 68.4 Å². The van der Waals surface area contributed by atoms with Crippen molar-refractivity contribution in [3.63, 3.8) is 0 Å². The fourth-order valence-electron chi connectivity index (χ4n) is 4.20. The lowest BCUT2D eigenvalue weighted by molar-refractivity contribution is -0.122. The van der Waals surface area contributed by atoms with Crippen LogP contribution in [0.1, 0.15) is 25.0 Å². The lowest BCUT2D eigenvalue weighted by atomic mass is 10.00. The number of carbonyl (C=O) groups is 1. The Bertz CT molecular complexity index is 1670. The minimum atomic E-state index is -1.01. The first-order valence-electron chi connectivity index (χ1n) is 11.6. The summed E-state index contributed by atoms with van der Waals surface area (Å²) in [6, 6.07) is 16.9. The van der Waals surface area contributed by atoms with Crippen LogP contribution in [0.5, 0.6) is 5.88 Å². The molecule has 4 N–H and O–H groups in total. The largest absolute Gasteiger partial charge is 0.494 e. The first-order valence-corrected chi connectivity index (χ1v) is 11.6. The Morgan fingerprint density at radius 2 is 1.73 bits per heavy atom. The number of nitrogens with two attached hydrogens (primary N) is 1. The van der Waals surface area contributed by atoms with Gasteiger partial charge in [0, 0.05) is 36.1 Å². The first kappa shape index (κ1) is 24.1. The average molecular weight is 497 g/mol. The summed E-state index contributed by atoms with van der Waals surface area (Å²) in [5.41, 5.74) is 9.61. The van der Waals surface area contributed by atoms with E-state index in [1.807, 2.05) is 18.2 Å². The van der Waals surface area contributed by atoms with Gasteiger partial charge in [-0.25, -0.2) is 9.38 Å². The molecule has 0 bridgehead atoms.